The van der Waals surface area contributed by atoms with Crippen LogP contribution >= 0.6 is 11.6 Å². The smallest absolute Gasteiger partial charge is 0.220 e. The lowest BCUT2D eigenvalue weighted by Gasteiger charge is -2.26. The third-order valence-corrected chi connectivity index (χ3v) is 2.61. The molecule has 1 amide bonds. The quantitative estimate of drug-likeness (QED) is 0.859. The Kier molecular flexibility index (Phi) is 4.36. The normalized spacial score (nSPS) is 11.2. The van der Waals surface area contributed by atoms with E-state index < -0.39 is 0 Å². The summed E-state index contributed by atoms with van der Waals surface area (Å²) in [5, 5.41) is 3.73. The predicted molar refractivity (Wildman–Crippen MR) is 67.7 cm³/mol. The third kappa shape index (κ3) is 4.23. The zero-order chi connectivity index (χ0) is 12.2. The number of hydrogen-bond acceptors (Lipinski definition) is 1. The lowest BCUT2D eigenvalue weighted by Crippen LogP contribution is -2.44. The van der Waals surface area contributed by atoms with Gasteiger partial charge in [-0.25, -0.2) is 0 Å². The van der Waals surface area contributed by atoms with E-state index >= 15 is 0 Å². The van der Waals surface area contributed by atoms with Crippen molar-refractivity contribution in [2.24, 2.45) is 0 Å². The van der Waals surface area contributed by atoms with Gasteiger partial charge in [0.2, 0.25) is 5.91 Å². The Labute approximate surface area is 102 Å². The van der Waals surface area contributed by atoms with Crippen LogP contribution in [0.2, 0.25) is 5.02 Å². The molecule has 0 aromatic heterocycles. The van der Waals surface area contributed by atoms with Crippen LogP contribution in [0.5, 0.6) is 0 Å². The molecule has 3 heteroatoms. The Morgan fingerprint density at radius 1 is 1.31 bits per heavy atom. The predicted octanol–water partition coefficient (Wildman–Crippen LogP) is 3.19. The van der Waals surface area contributed by atoms with Crippen molar-refractivity contribution in [1.29, 1.82) is 0 Å². The van der Waals surface area contributed by atoms with Crippen molar-refractivity contribution in [2.45, 2.75) is 39.2 Å². The highest BCUT2D eigenvalue weighted by Crippen LogP contribution is 2.15. The van der Waals surface area contributed by atoms with Gasteiger partial charge in [-0.15, -0.1) is 0 Å². The topological polar surface area (TPSA) is 29.1 Å². The molecule has 0 saturated carbocycles. The zero-order valence-electron chi connectivity index (χ0n) is 10.0. The Morgan fingerprint density at radius 3 is 2.38 bits per heavy atom. The molecule has 1 rings (SSSR count). The van der Waals surface area contributed by atoms with Crippen LogP contribution in [0.1, 0.15) is 32.8 Å². The van der Waals surface area contributed by atoms with Crippen LogP contribution < -0.4 is 5.32 Å². The molecule has 0 atom stereocenters. The fraction of sp³-hybridized carbons (Fsp3) is 0.462. The summed E-state index contributed by atoms with van der Waals surface area (Å²) in [5.74, 6) is 0.0824. The van der Waals surface area contributed by atoms with Gasteiger partial charge in [0, 0.05) is 17.0 Å². The summed E-state index contributed by atoms with van der Waals surface area (Å²) in [4.78, 5) is 11.3. The highest BCUT2D eigenvalue weighted by molar-refractivity contribution is 6.30. The maximum absolute atomic E-state index is 11.3. The van der Waals surface area contributed by atoms with Crippen molar-refractivity contribution < 1.29 is 4.79 Å². The average Bonchev–Trinajstić information content (AvgIpc) is 2.20. The molecule has 1 aromatic carbocycles. The molecule has 0 unspecified atom stereocenters. The SMILES string of the molecule is CCC(=O)NC(C)(C)Cc1ccc(Cl)cc1. The van der Waals surface area contributed by atoms with Gasteiger partial charge in [0.15, 0.2) is 0 Å². The Bertz CT molecular complexity index is 357. The molecule has 0 aliphatic carbocycles. The molecule has 0 bridgehead atoms. The highest BCUT2D eigenvalue weighted by Gasteiger charge is 2.19. The molecular weight excluding hydrogens is 222 g/mol. The van der Waals surface area contributed by atoms with E-state index in [0.29, 0.717) is 6.42 Å². The summed E-state index contributed by atoms with van der Waals surface area (Å²) < 4.78 is 0. The standard InChI is InChI=1S/C13H18ClNO/c1-4-12(16)15-13(2,3)9-10-5-7-11(14)8-6-10/h5-8H,4,9H2,1-3H3,(H,15,16). The van der Waals surface area contributed by atoms with Crippen molar-refractivity contribution in [2.75, 3.05) is 0 Å². The van der Waals surface area contributed by atoms with Gasteiger partial charge in [0.25, 0.3) is 0 Å². The third-order valence-electron chi connectivity index (χ3n) is 2.36. The minimum atomic E-state index is -0.221. The molecule has 0 aliphatic heterocycles. The summed E-state index contributed by atoms with van der Waals surface area (Å²) in [5.41, 5.74) is 0.951. The summed E-state index contributed by atoms with van der Waals surface area (Å²) in [7, 11) is 0. The second-order valence-corrected chi connectivity index (χ2v) is 5.03. The molecule has 0 aliphatic rings. The first-order valence-corrected chi connectivity index (χ1v) is 5.86. The van der Waals surface area contributed by atoms with Gasteiger partial charge in [-0.05, 0) is 38.0 Å². The first-order chi connectivity index (χ1) is 7.43. The number of halogens is 1. The van der Waals surface area contributed by atoms with E-state index in [-0.39, 0.29) is 11.4 Å². The van der Waals surface area contributed by atoms with Gasteiger partial charge in [-0.2, -0.15) is 0 Å². The van der Waals surface area contributed by atoms with Crippen molar-refractivity contribution in [1.82, 2.24) is 5.32 Å². The van der Waals surface area contributed by atoms with E-state index in [2.05, 4.69) is 5.32 Å². The van der Waals surface area contributed by atoms with E-state index in [1.54, 1.807) is 0 Å². The maximum Gasteiger partial charge on any atom is 0.220 e. The molecule has 88 valence electrons. The minimum absolute atomic E-state index is 0.0824. The molecule has 2 nitrogen and oxygen atoms in total. The fourth-order valence-corrected chi connectivity index (χ4v) is 1.75. The molecule has 0 heterocycles. The first kappa shape index (κ1) is 13.0. The van der Waals surface area contributed by atoms with E-state index in [0.717, 1.165) is 11.4 Å². The summed E-state index contributed by atoms with van der Waals surface area (Å²) in [6.07, 6.45) is 1.32. The van der Waals surface area contributed by atoms with Crippen LogP contribution in [0.15, 0.2) is 24.3 Å². The number of carbonyl (C=O) groups excluding carboxylic acids is 1. The second kappa shape index (κ2) is 5.35. The molecule has 1 aromatic rings. The van der Waals surface area contributed by atoms with Crippen molar-refractivity contribution in [3.05, 3.63) is 34.9 Å². The monoisotopic (exact) mass is 239 g/mol. The van der Waals surface area contributed by atoms with E-state index in [4.69, 9.17) is 11.6 Å². The Hall–Kier alpha value is -1.02. The summed E-state index contributed by atoms with van der Waals surface area (Å²) in [6, 6.07) is 7.72. The first-order valence-electron chi connectivity index (χ1n) is 5.48. The second-order valence-electron chi connectivity index (χ2n) is 4.59. The average molecular weight is 240 g/mol. The Balaban J connectivity index is 2.64. The summed E-state index contributed by atoms with van der Waals surface area (Å²) >= 11 is 5.82. The van der Waals surface area contributed by atoms with Gasteiger partial charge in [0.1, 0.15) is 0 Å². The molecular formula is C13H18ClNO. The van der Waals surface area contributed by atoms with Gasteiger partial charge in [-0.1, -0.05) is 30.7 Å². The molecule has 0 fully saturated rings. The van der Waals surface area contributed by atoms with E-state index in [1.165, 1.54) is 5.56 Å². The lowest BCUT2D eigenvalue weighted by atomic mass is 9.95. The van der Waals surface area contributed by atoms with Crippen molar-refractivity contribution >= 4 is 17.5 Å². The van der Waals surface area contributed by atoms with E-state index in [9.17, 15) is 4.79 Å². The maximum atomic E-state index is 11.3. The van der Waals surface area contributed by atoms with E-state index in [1.807, 2.05) is 45.0 Å². The number of hydrogen-bond donors (Lipinski definition) is 1. The van der Waals surface area contributed by atoms with Crippen LogP contribution in [-0.4, -0.2) is 11.4 Å². The summed E-state index contributed by atoms with van der Waals surface area (Å²) in [6.45, 7) is 5.90. The van der Waals surface area contributed by atoms with Crippen LogP contribution in [0.25, 0.3) is 0 Å². The van der Waals surface area contributed by atoms with Crippen LogP contribution in [0.4, 0.5) is 0 Å². The molecule has 1 N–H and O–H groups in total. The van der Waals surface area contributed by atoms with Gasteiger partial charge >= 0.3 is 0 Å². The fourth-order valence-electron chi connectivity index (χ4n) is 1.62. The number of nitrogens with one attached hydrogen (secondary N) is 1. The van der Waals surface area contributed by atoms with Crippen molar-refractivity contribution in [3.8, 4) is 0 Å². The highest BCUT2D eigenvalue weighted by atomic mass is 35.5. The molecule has 0 spiro atoms. The molecule has 16 heavy (non-hydrogen) atoms. The van der Waals surface area contributed by atoms with Crippen LogP contribution in [0.3, 0.4) is 0 Å². The number of benzene rings is 1. The Morgan fingerprint density at radius 2 is 1.88 bits per heavy atom. The van der Waals surface area contributed by atoms with Crippen LogP contribution in [0, 0.1) is 0 Å². The van der Waals surface area contributed by atoms with Crippen molar-refractivity contribution in [3.63, 3.8) is 0 Å². The lowest BCUT2D eigenvalue weighted by molar-refractivity contribution is -0.122. The minimum Gasteiger partial charge on any atom is -0.351 e. The number of carbonyl (C=O) groups is 1. The molecule has 0 saturated heterocycles. The number of amides is 1. The zero-order valence-corrected chi connectivity index (χ0v) is 10.8. The number of rotatable bonds is 4. The van der Waals surface area contributed by atoms with Gasteiger partial charge in [-0.3, -0.25) is 4.79 Å². The molecule has 0 radical (unpaired) electrons. The van der Waals surface area contributed by atoms with Gasteiger partial charge in [0.05, 0.1) is 0 Å². The van der Waals surface area contributed by atoms with Crippen LogP contribution in [-0.2, 0) is 11.2 Å². The van der Waals surface area contributed by atoms with Gasteiger partial charge < -0.3 is 5.32 Å². The largest absolute Gasteiger partial charge is 0.351 e.